The number of ether oxygens (including phenoxy) is 1. The van der Waals surface area contributed by atoms with Crippen LogP contribution in [0.2, 0.25) is 0 Å². The summed E-state index contributed by atoms with van der Waals surface area (Å²) >= 11 is 1.34. The molecule has 1 aliphatic carbocycles. The van der Waals surface area contributed by atoms with Crippen molar-refractivity contribution in [2.24, 2.45) is 11.5 Å². The van der Waals surface area contributed by atoms with Crippen LogP contribution in [0, 0.1) is 22.7 Å². The molecule has 0 aromatic heterocycles. The standard InChI is InChI=1S/C15H12N4OS/c16-6-9-3-11(7-17)14(21-8-9)15(19)2-1-10-4-12(18)5-13(10)20-15/h1,3-5,8,14H,2,18-19H2. The maximum absolute atomic E-state index is 9.31. The van der Waals surface area contributed by atoms with E-state index in [-0.39, 0.29) is 5.25 Å². The zero-order valence-electron chi connectivity index (χ0n) is 11.0. The Hall–Kier alpha value is -2.41. The number of nitrogens with two attached hydrogens (primary N) is 2. The van der Waals surface area contributed by atoms with Crippen LogP contribution in [0.5, 0.6) is 0 Å². The van der Waals surface area contributed by atoms with E-state index in [2.05, 4.69) is 6.07 Å². The van der Waals surface area contributed by atoms with Gasteiger partial charge in [0.05, 0.1) is 23.0 Å². The lowest BCUT2D eigenvalue weighted by Gasteiger charge is -2.39. The summed E-state index contributed by atoms with van der Waals surface area (Å²) in [7, 11) is 0. The predicted octanol–water partition coefficient (Wildman–Crippen LogP) is 1.70. The Kier molecular flexibility index (Phi) is 3.13. The molecule has 0 amide bonds. The molecule has 0 saturated heterocycles. The van der Waals surface area contributed by atoms with Crippen LogP contribution in [0.25, 0.3) is 0 Å². The second kappa shape index (κ2) is 4.85. The van der Waals surface area contributed by atoms with Crippen LogP contribution in [0.4, 0.5) is 0 Å². The van der Waals surface area contributed by atoms with Gasteiger partial charge < -0.3 is 10.5 Å². The van der Waals surface area contributed by atoms with Gasteiger partial charge in [-0.3, -0.25) is 5.73 Å². The molecule has 2 heterocycles. The fraction of sp³-hybridized carbons (Fsp3) is 0.200. The fourth-order valence-electron chi connectivity index (χ4n) is 2.47. The van der Waals surface area contributed by atoms with Crippen molar-refractivity contribution < 1.29 is 4.74 Å². The molecule has 0 fully saturated rings. The second-order valence-electron chi connectivity index (χ2n) is 4.99. The number of nitriles is 2. The van der Waals surface area contributed by atoms with Crippen LogP contribution in [0.3, 0.4) is 0 Å². The van der Waals surface area contributed by atoms with Gasteiger partial charge in [0.1, 0.15) is 5.76 Å². The van der Waals surface area contributed by atoms with Gasteiger partial charge in [0, 0.05) is 29.3 Å². The number of hydrogen-bond acceptors (Lipinski definition) is 6. The zero-order valence-corrected chi connectivity index (χ0v) is 11.9. The first-order valence-electron chi connectivity index (χ1n) is 6.30. The molecular weight excluding hydrogens is 284 g/mol. The molecule has 4 N–H and O–H groups in total. The van der Waals surface area contributed by atoms with Gasteiger partial charge in [0.25, 0.3) is 0 Å². The van der Waals surface area contributed by atoms with Crippen LogP contribution in [-0.2, 0) is 4.74 Å². The summed E-state index contributed by atoms with van der Waals surface area (Å²) in [6, 6.07) is 4.15. The number of rotatable bonds is 1. The van der Waals surface area contributed by atoms with Crippen LogP contribution in [0.1, 0.15) is 6.42 Å². The lowest BCUT2D eigenvalue weighted by atomic mass is 9.94. The Morgan fingerprint density at radius 3 is 2.81 bits per heavy atom. The summed E-state index contributed by atoms with van der Waals surface area (Å²) in [5.41, 5.74) is 13.6. The molecule has 2 unspecified atom stereocenters. The largest absolute Gasteiger partial charge is 0.470 e. The van der Waals surface area contributed by atoms with Gasteiger partial charge in [-0.1, -0.05) is 6.08 Å². The van der Waals surface area contributed by atoms with Crippen LogP contribution >= 0.6 is 11.8 Å². The lowest BCUT2D eigenvalue weighted by Crippen LogP contribution is -2.53. The van der Waals surface area contributed by atoms with Crippen molar-refractivity contribution in [1.82, 2.24) is 0 Å². The van der Waals surface area contributed by atoms with E-state index in [4.69, 9.17) is 21.5 Å². The van der Waals surface area contributed by atoms with Gasteiger partial charge in [-0.2, -0.15) is 10.5 Å². The molecule has 5 nitrogen and oxygen atoms in total. The Labute approximate surface area is 126 Å². The van der Waals surface area contributed by atoms with E-state index in [9.17, 15) is 5.26 Å². The van der Waals surface area contributed by atoms with E-state index >= 15 is 0 Å². The highest BCUT2D eigenvalue weighted by atomic mass is 32.2. The third-order valence-corrected chi connectivity index (χ3v) is 4.79. The van der Waals surface area contributed by atoms with Gasteiger partial charge in [-0.25, -0.2) is 0 Å². The van der Waals surface area contributed by atoms with Gasteiger partial charge in [-0.15, -0.1) is 11.8 Å². The fourth-order valence-corrected chi connectivity index (χ4v) is 3.52. The number of nitrogens with zero attached hydrogens (tertiary/aromatic N) is 2. The quantitative estimate of drug-likeness (QED) is 0.762. The van der Waals surface area contributed by atoms with Crippen molar-refractivity contribution in [3.8, 4) is 12.1 Å². The van der Waals surface area contributed by atoms with E-state index in [1.54, 1.807) is 17.6 Å². The minimum Gasteiger partial charge on any atom is -0.470 e. The zero-order chi connectivity index (χ0) is 15.0. The maximum Gasteiger partial charge on any atom is 0.179 e. The highest BCUT2D eigenvalue weighted by Crippen LogP contribution is 2.42. The van der Waals surface area contributed by atoms with Crippen molar-refractivity contribution in [3.63, 3.8) is 0 Å². The van der Waals surface area contributed by atoms with E-state index in [1.807, 2.05) is 18.2 Å². The molecule has 2 aliphatic heterocycles. The number of hydrogen-bond donors (Lipinski definition) is 2. The SMILES string of the molecule is N#CC1=CSC(C2(N)CC=C3C=C(N)C=C3O2)C(C#N)=C1. The molecule has 6 heteroatoms. The Balaban J connectivity index is 1.91. The average molecular weight is 296 g/mol. The second-order valence-corrected chi connectivity index (χ2v) is 5.97. The molecule has 104 valence electrons. The highest BCUT2D eigenvalue weighted by Gasteiger charge is 2.43. The van der Waals surface area contributed by atoms with E-state index in [0.29, 0.717) is 29.0 Å². The summed E-state index contributed by atoms with van der Waals surface area (Å²) < 4.78 is 5.92. The van der Waals surface area contributed by atoms with Crippen molar-refractivity contribution in [3.05, 3.63) is 57.9 Å². The van der Waals surface area contributed by atoms with Crippen LogP contribution in [-0.4, -0.2) is 11.0 Å². The summed E-state index contributed by atoms with van der Waals surface area (Å²) in [6.45, 7) is 0. The molecule has 3 rings (SSSR count). The molecule has 21 heavy (non-hydrogen) atoms. The molecule has 0 spiro atoms. The van der Waals surface area contributed by atoms with Crippen molar-refractivity contribution >= 4 is 11.8 Å². The molecule has 0 radical (unpaired) electrons. The van der Waals surface area contributed by atoms with Gasteiger partial charge >= 0.3 is 0 Å². The first kappa shape index (κ1) is 13.6. The number of thioether (sulfide) groups is 1. The van der Waals surface area contributed by atoms with Gasteiger partial charge in [0.15, 0.2) is 5.72 Å². The van der Waals surface area contributed by atoms with Gasteiger partial charge in [-0.05, 0) is 17.6 Å². The predicted molar refractivity (Wildman–Crippen MR) is 79.8 cm³/mol. The van der Waals surface area contributed by atoms with E-state index in [1.165, 1.54) is 11.8 Å². The Bertz CT molecular complexity index is 745. The number of allylic oxidation sites excluding steroid dienone is 4. The minimum atomic E-state index is -1.03. The molecule has 0 aromatic carbocycles. The maximum atomic E-state index is 9.31. The normalized spacial score (nSPS) is 30.4. The van der Waals surface area contributed by atoms with Crippen molar-refractivity contribution in [1.29, 1.82) is 10.5 Å². The van der Waals surface area contributed by atoms with Crippen LogP contribution in [0.15, 0.2) is 57.9 Å². The molecular formula is C15H12N4OS. The first-order valence-corrected chi connectivity index (χ1v) is 7.25. The minimum absolute atomic E-state index is 0.361. The summed E-state index contributed by atoms with van der Waals surface area (Å²) in [5, 5.41) is 19.6. The molecule has 0 aromatic rings. The molecule has 2 atom stereocenters. The highest BCUT2D eigenvalue weighted by molar-refractivity contribution is 8.03. The van der Waals surface area contributed by atoms with Crippen molar-refractivity contribution in [2.75, 3.05) is 0 Å². The molecule has 0 bridgehead atoms. The van der Waals surface area contributed by atoms with Gasteiger partial charge in [0.2, 0.25) is 0 Å². The molecule has 0 saturated carbocycles. The summed E-state index contributed by atoms with van der Waals surface area (Å²) in [6.07, 6.45) is 7.56. The summed E-state index contributed by atoms with van der Waals surface area (Å²) in [4.78, 5) is 0. The Morgan fingerprint density at radius 1 is 1.29 bits per heavy atom. The van der Waals surface area contributed by atoms with E-state index < -0.39 is 5.72 Å². The van der Waals surface area contributed by atoms with Crippen LogP contribution < -0.4 is 11.5 Å². The lowest BCUT2D eigenvalue weighted by molar-refractivity contribution is 0.0135. The van der Waals surface area contributed by atoms with Crippen molar-refractivity contribution in [2.45, 2.75) is 17.4 Å². The topological polar surface area (TPSA) is 109 Å². The van der Waals surface area contributed by atoms with E-state index in [0.717, 1.165) is 5.57 Å². The first-order chi connectivity index (χ1) is 10.1. The number of fused-ring (bicyclic) bond motifs is 1. The smallest absolute Gasteiger partial charge is 0.179 e. The third kappa shape index (κ3) is 2.25. The average Bonchev–Trinajstić information content (AvgIpc) is 2.85. The molecule has 3 aliphatic rings. The monoisotopic (exact) mass is 296 g/mol. The Morgan fingerprint density at radius 2 is 2.10 bits per heavy atom. The summed E-state index contributed by atoms with van der Waals surface area (Å²) in [5.74, 6) is 0.634. The third-order valence-electron chi connectivity index (χ3n) is 3.47.